The van der Waals surface area contributed by atoms with Gasteiger partial charge in [-0.3, -0.25) is 9.78 Å². The summed E-state index contributed by atoms with van der Waals surface area (Å²) in [5.74, 6) is 0.759. The lowest BCUT2D eigenvalue weighted by Gasteiger charge is -2.36. The van der Waals surface area contributed by atoms with Crippen molar-refractivity contribution in [3.05, 3.63) is 36.2 Å². The number of cyclic esters (lactones) is 1. The first kappa shape index (κ1) is 21.6. The van der Waals surface area contributed by atoms with E-state index in [1.165, 1.54) is 17.1 Å². The third-order valence-corrected chi connectivity index (χ3v) is 7.22. The average molecular weight is 454 g/mol. The highest BCUT2D eigenvalue weighted by molar-refractivity contribution is 5.91. The fraction of sp³-hybridized carbons (Fsp3) is 0.591. The predicted octanol–water partition coefficient (Wildman–Crippen LogP) is 1.77. The summed E-state index contributed by atoms with van der Waals surface area (Å²) in [6.45, 7) is 2.25. The Bertz CT molecular complexity index is 1050. The Morgan fingerprint density at radius 3 is 2.67 bits per heavy atom. The Hall–Kier alpha value is -3.21. The number of methoxy groups -OCH3 is 1. The Kier molecular flexibility index (Phi) is 5.65. The molecule has 0 radical (unpaired) electrons. The highest BCUT2D eigenvalue weighted by Crippen LogP contribution is 2.51. The van der Waals surface area contributed by atoms with Crippen molar-refractivity contribution in [1.82, 2.24) is 35.1 Å². The van der Waals surface area contributed by atoms with Gasteiger partial charge in [0.15, 0.2) is 5.82 Å². The van der Waals surface area contributed by atoms with E-state index in [1.807, 2.05) is 0 Å². The molecule has 4 heterocycles. The van der Waals surface area contributed by atoms with E-state index in [4.69, 9.17) is 9.47 Å². The summed E-state index contributed by atoms with van der Waals surface area (Å²) < 4.78 is 12.2. The minimum Gasteiger partial charge on any atom is -0.456 e. The largest absolute Gasteiger partial charge is 0.456 e. The number of likely N-dealkylation sites (tertiary alicyclic amines) is 1. The zero-order valence-electron chi connectivity index (χ0n) is 18.8. The van der Waals surface area contributed by atoms with E-state index in [2.05, 4.69) is 32.4 Å². The molecule has 11 heteroatoms. The Morgan fingerprint density at radius 2 is 2.06 bits per heavy atom. The fourth-order valence-corrected chi connectivity index (χ4v) is 5.52. The zero-order chi connectivity index (χ0) is 23.0. The van der Waals surface area contributed by atoms with Gasteiger partial charge in [0, 0.05) is 19.2 Å². The van der Waals surface area contributed by atoms with E-state index >= 15 is 0 Å². The molecule has 3 aliphatic rings. The molecular formula is C22H27N7O4. The minimum atomic E-state index is -0.366. The average Bonchev–Trinajstić information content (AvgIpc) is 3.55. The van der Waals surface area contributed by atoms with Gasteiger partial charge in [0.2, 0.25) is 5.91 Å². The first-order valence-corrected chi connectivity index (χ1v) is 11.3. The van der Waals surface area contributed by atoms with Gasteiger partial charge in [-0.05, 0) is 61.8 Å². The maximum Gasteiger partial charge on any atom is 0.333 e. The van der Waals surface area contributed by atoms with E-state index < -0.39 is 0 Å². The van der Waals surface area contributed by atoms with Crippen molar-refractivity contribution < 1.29 is 19.1 Å². The Balaban J connectivity index is 1.21. The van der Waals surface area contributed by atoms with E-state index in [1.54, 1.807) is 24.4 Å². The smallest absolute Gasteiger partial charge is 0.333 e. The van der Waals surface area contributed by atoms with Crippen molar-refractivity contribution in [3.63, 3.8) is 0 Å². The molecule has 2 aromatic rings. The molecule has 2 fully saturated rings. The van der Waals surface area contributed by atoms with Gasteiger partial charge in [-0.15, -0.1) is 5.10 Å². The second-order valence-corrected chi connectivity index (χ2v) is 9.21. The summed E-state index contributed by atoms with van der Waals surface area (Å²) in [4.78, 5) is 35.6. The number of hydrogen-bond acceptors (Lipinski definition) is 9. The molecule has 11 nitrogen and oxygen atoms in total. The van der Waals surface area contributed by atoms with Crippen molar-refractivity contribution in [2.75, 3.05) is 13.7 Å². The minimum absolute atomic E-state index is 0.0792. The SMILES string of the molecule is COC(CC1CCC2(CC1)CC(C)N(C1=CC(=O)OC1)C2=O)c1cnc(-n2cnnn2)cn1. The molecule has 0 N–H and O–H groups in total. The molecule has 1 saturated heterocycles. The lowest BCUT2D eigenvalue weighted by Crippen LogP contribution is -2.38. The molecule has 2 aromatic heterocycles. The molecule has 2 aliphatic heterocycles. The van der Waals surface area contributed by atoms with Gasteiger partial charge in [0.1, 0.15) is 19.0 Å². The van der Waals surface area contributed by atoms with Crippen LogP contribution in [0.4, 0.5) is 0 Å². The number of carbonyl (C=O) groups excluding carboxylic acids is 2. The Morgan fingerprint density at radius 1 is 1.24 bits per heavy atom. The van der Waals surface area contributed by atoms with Crippen molar-refractivity contribution in [2.24, 2.45) is 11.3 Å². The van der Waals surface area contributed by atoms with Crippen LogP contribution in [-0.4, -0.2) is 66.7 Å². The van der Waals surface area contributed by atoms with E-state index in [-0.39, 0.29) is 36.0 Å². The fourth-order valence-electron chi connectivity index (χ4n) is 5.52. The van der Waals surface area contributed by atoms with Gasteiger partial charge in [-0.2, -0.15) is 4.68 Å². The van der Waals surface area contributed by atoms with E-state index in [9.17, 15) is 9.59 Å². The van der Waals surface area contributed by atoms with Crippen molar-refractivity contribution >= 4 is 11.9 Å². The lowest BCUT2D eigenvalue weighted by molar-refractivity contribution is -0.138. The van der Waals surface area contributed by atoms with E-state index in [0.717, 1.165) is 44.2 Å². The van der Waals surface area contributed by atoms with E-state index in [0.29, 0.717) is 17.4 Å². The highest BCUT2D eigenvalue weighted by atomic mass is 16.5. The first-order chi connectivity index (χ1) is 16.0. The predicted molar refractivity (Wildman–Crippen MR) is 113 cm³/mol. The van der Waals surface area contributed by atoms with Gasteiger partial charge < -0.3 is 14.4 Å². The van der Waals surface area contributed by atoms with Crippen LogP contribution in [0.3, 0.4) is 0 Å². The third kappa shape index (κ3) is 4.01. The molecule has 5 rings (SSSR count). The highest BCUT2D eigenvalue weighted by Gasteiger charge is 2.52. The molecule has 1 aliphatic carbocycles. The number of amides is 1. The second kappa shape index (κ2) is 8.62. The molecule has 2 atom stereocenters. The number of rotatable bonds is 6. The number of ether oxygens (including phenoxy) is 2. The van der Waals surface area contributed by atoms with Crippen LogP contribution in [0, 0.1) is 11.3 Å². The van der Waals surface area contributed by atoms with Gasteiger partial charge in [-0.25, -0.2) is 9.78 Å². The summed E-state index contributed by atoms with van der Waals surface area (Å²) in [5.41, 5.74) is 1.13. The summed E-state index contributed by atoms with van der Waals surface area (Å²) >= 11 is 0. The summed E-state index contributed by atoms with van der Waals surface area (Å²) in [6.07, 6.45) is 11.3. The topological polar surface area (TPSA) is 125 Å². The number of carbonyl (C=O) groups is 2. The maximum absolute atomic E-state index is 13.4. The molecule has 2 unspecified atom stereocenters. The summed E-state index contributed by atoms with van der Waals surface area (Å²) in [7, 11) is 1.69. The molecule has 1 saturated carbocycles. The second-order valence-electron chi connectivity index (χ2n) is 9.21. The first-order valence-electron chi connectivity index (χ1n) is 11.3. The molecular weight excluding hydrogens is 426 g/mol. The van der Waals surface area contributed by atoms with Crippen LogP contribution in [0.5, 0.6) is 0 Å². The summed E-state index contributed by atoms with van der Waals surface area (Å²) in [5, 5.41) is 11.0. The van der Waals surface area contributed by atoms with Crippen LogP contribution in [0.2, 0.25) is 0 Å². The lowest BCUT2D eigenvalue weighted by atomic mass is 9.68. The standard InChI is InChI=1S/C22H27N7O4/c1-14-9-22(21(31)29(14)16-8-20(30)33-12-16)5-3-15(4-6-22)7-18(32-2)17-10-24-19(11-23-17)28-13-25-26-27-28/h8,10-11,13-15,18H,3-7,9,12H2,1-2H3. The molecule has 33 heavy (non-hydrogen) atoms. The molecule has 1 amide bonds. The van der Waals surface area contributed by atoms with Gasteiger partial charge >= 0.3 is 5.97 Å². The number of aromatic nitrogens is 6. The van der Waals surface area contributed by atoms with Crippen LogP contribution in [-0.2, 0) is 19.1 Å². The molecule has 1 spiro atoms. The van der Waals surface area contributed by atoms with Crippen LogP contribution in [0.25, 0.3) is 5.82 Å². The van der Waals surface area contributed by atoms with Crippen molar-refractivity contribution in [3.8, 4) is 5.82 Å². The van der Waals surface area contributed by atoms with Crippen LogP contribution >= 0.6 is 0 Å². The molecule has 0 aromatic carbocycles. The number of hydrogen-bond donors (Lipinski definition) is 0. The van der Waals surface area contributed by atoms with Crippen LogP contribution < -0.4 is 0 Å². The summed E-state index contributed by atoms with van der Waals surface area (Å²) in [6, 6.07) is 0.0792. The third-order valence-electron chi connectivity index (χ3n) is 7.22. The molecule has 0 bridgehead atoms. The normalized spacial score (nSPS) is 28.3. The number of esters is 1. The van der Waals surface area contributed by atoms with Crippen molar-refractivity contribution in [2.45, 2.75) is 57.6 Å². The monoisotopic (exact) mass is 453 g/mol. The Labute approximate surface area is 191 Å². The number of tetrazole rings is 1. The molecule has 174 valence electrons. The van der Waals surface area contributed by atoms with Gasteiger partial charge in [0.05, 0.1) is 29.2 Å². The van der Waals surface area contributed by atoms with Gasteiger partial charge in [-0.1, -0.05) is 0 Å². The number of nitrogens with zero attached hydrogens (tertiary/aromatic N) is 7. The van der Waals surface area contributed by atoms with Crippen molar-refractivity contribution in [1.29, 1.82) is 0 Å². The zero-order valence-corrected chi connectivity index (χ0v) is 18.8. The van der Waals surface area contributed by atoms with Gasteiger partial charge in [0.25, 0.3) is 0 Å². The maximum atomic E-state index is 13.4. The van der Waals surface area contributed by atoms with Crippen LogP contribution in [0.15, 0.2) is 30.5 Å². The van der Waals surface area contributed by atoms with Crippen LogP contribution in [0.1, 0.15) is 57.2 Å². The quantitative estimate of drug-likeness (QED) is 0.602.